The molecule has 1 aromatic carbocycles. The second kappa shape index (κ2) is 13.5. The maximum atomic E-state index is 12.3. The molecule has 2 rings (SSSR count). The molecule has 3 amide bonds. The van der Waals surface area contributed by atoms with Crippen molar-refractivity contribution >= 4 is 29.1 Å². The highest BCUT2D eigenvalue weighted by molar-refractivity contribution is 7.17. The summed E-state index contributed by atoms with van der Waals surface area (Å²) in [6.45, 7) is 0. The van der Waals surface area contributed by atoms with E-state index in [1.54, 1.807) is 6.07 Å². The molecule has 0 aliphatic heterocycles. The number of thiophene rings is 1. The van der Waals surface area contributed by atoms with Crippen molar-refractivity contribution in [2.75, 3.05) is 21.1 Å². The monoisotopic (exact) mass is 393 g/mol. The van der Waals surface area contributed by atoms with Gasteiger partial charge in [-0.25, -0.2) is 0 Å². The number of carbonyl (C=O) groups excluding carboxylic acids is 3. The number of rotatable bonds is 6. The van der Waals surface area contributed by atoms with Crippen LogP contribution in [0.4, 0.5) is 0 Å². The molecule has 1 heterocycles. The second-order valence-corrected chi connectivity index (χ2v) is 5.92. The van der Waals surface area contributed by atoms with Crippen molar-refractivity contribution < 1.29 is 14.4 Å². The van der Waals surface area contributed by atoms with Crippen LogP contribution in [0.5, 0.6) is 0 Å². The van der Waals surface area contributed by atoms with E-state index >= 15 is 0 Å². The molecule has 148 valence electrons. The molecular formula is C18H27N5O3S. The first-order chi connectivity index (χ1) is 13.0. The summed E-state index contributed by atoms with van der Waals surface area (Å²) in [6.07, 6.45) is -0.248. The third-order valence-corrected chi connectivity index (χ3v) is 4.29. The Balaban J connectivity index is 0.00000158. The first-order valence-electron chi connectivity index (χ1n) is 8.12. The van der Waals surface area contributed by atoms with Gasteiger partial charge in [-0.15, -0.1) is 11.3 Å². The number of amides is 3. The summed E-state index contributed by atoms with van der Waals surface area (Å²) in [5.41, 5.74) is 15.1. The van der Waals surface area contributed by atoms with Crippen molar-refractivity contribution in [1.29, 1.82) is 0 Å². The first kappa shape index (κ1) is 24.2. The van der Waals surface area contributed by atoms with Gasteiger partial charge in [0, 0.05) is 11.9 Å². The highest BCUT2D eigenvalue weighted by Gasteiger charge is 2.23. The van der Waals surface area contributed by atoms with E-state index in [1.807, 2.05) is 36.4 Å². The first-order valence-corrected chi connectivity index (χ1v) is 8.94. The zero-order valence-corrected chi connectivity index (χ0v) is 16.5. The minimum absolute atomic E-state index is 0.248. The summed E-state index contributed by atoms with van der Waals surface area (Å²) >= 11 is 1.31. The topological polar surface area (TPSA) is 153 Å². The van der Waals surface area contributed by atoms with Gasteiger partial charge < -0.3 is 27.8 Å². The number of nitrogens with one attached hydrogen (secondary N) is 2. The van der Waals surface area contributed by atoms with Gasteiger partial charge in [-0.3, -0.25) is 14.4 Å². The molecule has 0 fully saturated rings. The lowest BCUT2D eigenvalue weighted by atomic mass is 10.1. The molecule has 1 aromatic heterocycles. The van der Waals surface area contributed by atoms with E-state index in [4.69, 9.17) is 5.73 Å². The predicted octanol–water partition coefficient (Wildman–Crippen LogP) is 0.285. The number of hydrogen-bond donors (Lipinski definition) is 5. The average Bonchev–Trinajstić information content (AvgIpc) is 3.20. The minimum Gasteiger partial charge on any atom is -0.370 e. The lowest BCUT2D eigenvalue weighted by molar-refractivity contribution is -0.126. The molecule has 1 atom stereocenters. The summed E-state index contributed by atoms with van der Waals surface area (Å²) in [6, 6.07) is 12.2. The van der Waals surface area contributed by atoms with E-state index in [9.17, 15) is 14.4 Å². The molecule has 8 nitrogen and oxygen atoms in total. The fraction of sp³-hybridized carbons (Fsp3) is 0.278. The fourth-order valence-electron chi connectivity index (χ4n) is 2.03. The van der Waals surface area contributed by atoms with E-state index < -0.39 is 23.8 Å². The van der Waals surface area contributed by atoms with Crippen LogP contribution in [0.3, 0.4) is 0 Å². The predicted molar refractivity (Wildman–Crippen MR) is 109 cm³/mol. The van der Waals surface area contributed by atoms with Gasteiger partial charge >= 0.3 is 0 Å². The van der Waals surface area contributed by atoms with Crippen LogP contribution in [-0.4, -0.2) is 44.9 Å². The summed E-state index contributed by atoms with van der Waals surface area (Å²) < 4.78 is 0. The number of carbonyl (C=O) groups is 3. The molecule has 0 aliphatic rings. The average molecular weight is 394 g/mol. The number of likely N-dealkylation sites (N-methyl/N-ethyl adjacent to an activating group) is 1. The maximum absolute atomic E-state index is 12.3. The van der Waals surface area contributed by atoms with Crippen LogP contribution < -0.4 is 27.8 Å². The highest BCUT2D eigenvalue weighted by atomic mass is 32.1. The Bertz CT molecular complexity index is 719. The van der Waals surface area contributed by atoms with Crippen LogP contribution >= 0.6 is 11.3 Å². The summed E-state index contributed by atoms with van der Waals surface area (Å²) in [4.78, 5) is 36.4. The van der Waals surface area contributed by atoms with Crippen LogP contribution in [0.25, 0.3) is 10.4 Å². The van der Waals surface area contributed by atoms with Gasteiger partial charge in [0.25, 0.3) is 5.91 Å². The van der Waals surface area contributed by atoms with Crippen LogP contribution in [0.2, 0.25) is 0 Å². The van der Waals surface area contributed by atoms with Crippen LogP contribution in [0, 0.1) is 0 Å². The van der Waals surface area contributed by atoms with E-state index in [0.29, 0.717) is 4.88 Å². The molecule has 0 saturated carbocycles. The van der Waals surface area contributed by atoms with E-state index in [2.05, 4.69) is 22.1 Å². The Morgan fingerprint density at radius 2 is 1.59 bits per heavy atom. The van der Waals surface area contributed by atoms with E-state index in [0.717, 1.165) is 10.4 Å². The van der Waals surface area contributed by atoms with Gasteiger partial charge in [-0.1, -0.05) is 30.3 Å². The lowest BCUT2D eigenvalue weighted by Gasteiger charge is -2.15. The smallest absolute Gasteiger partial charge is 0.262 e. The van der Waals surface area contributed by atoms with Gasteiger partial charge in [0.1, 0.15) is 6.04 Å². The third kappa shape index (κ3) is 7.99. The van der Waals surface area contributed by atoms with E-state index in [1.165, 1.54) is 32.5 Å². The fourth-order valence-corrected chi connectivity index (χ4v) is 2.95. The van der Waals surface area contributed by atoms with Crippen molar-refractivity contribution in [1.82, 2.24) is 10.6 Å². The molecule has 0 saturated heterocycles. The Morgan fingerprint density at radius 3 is 2.11 bits per heavy atom. The number of hydrogen-bond acceptors (Lipinski definition) is 6. The largest absolute Gasteiger partial charge is 0.370 e. The summed E-state index contributed by atoms with van der Waals surface area (Å²) in [5, 5.41) is 4.94. The Labute approximate surface area is 163 Å². The third-order valence-electron chi connectivity index (χ3n) is 3.16. The van der Waals surface area contributed by atoms with E-state index in [-0.39, 0.29) is 6.42 Å². The number of primary amides is 1. The Morgan fingerprint density at radius 1 is 1.00 bits per heavy atom. The molecular weight excluding hydrogens is 366 g/mol. The molecule has 0 unspecified atom stereocenters. The molecule has 2 aromatic rings. The maximum Gasteiger partial charge on any atom is 0.262 e. The zero-order valence-electron chi connectivity index (χ0n) is 15.7. The number of benzene rings is 1. The van der Waals surface area contributed by atoms with Crippen molar-refractivity contribution in [2.45, 2.75) is 12.5 Å². The van der Waals surface area contributed by atoms with Crippen molar-refractivity contribution in [2.24, 2.45) is 17.2 Å². The van der Waals surface area contributed by atoms with Crippen LogP contribution in [-0.2, 0) is 9.59 Å². The molecule has 0 bridgehead atoms. The standard InChI is InChI=1S/C16H17N3O3S.2CH5N/c1-18-15(21)11(9-14(17)20)19-16(22)13-8-7-12(23-13)10-5-3-2-4-6-10;2*1-2/h2-8,11H,9H2,1H3,(H2,17,20)(H,18,21)(H,19,22);2*2H2,1H3/t11-;;/m0../s1. The molecule has 27 heavy (non-hydrogen) atoms. The molecule has 8 N–H and O–H groups in total. The normalized spacial score (nSPS) is 10.3. The van der Waals surface area contributed by atoms with Crippen LogP contribution in [0.1, 0.15) is 16.1 Å². The van der Waals surface area contributed by atoms with Crippen molar-refractivity contribution in [3.8, 4) is 10.4 Å². The van der Waals surface area contributed by atoms with Gasteiger partial charge in [-0.2, -0.15) is 0 Å². The summed E-state index contributed by atoms with van der Waals surface area (Å²) in [7, 11) is 4.43. The summed E-state index contributed by atoms with van der Waals surface area (Å²) in [5.74, 6) is -1.53. The zero-order chi connectivity index (χ0) is 20.8. The van der Waals surface area contributed by atoms with Crippen molar-refractivity contribution in [3.05, 3.63) is 47.3 Å². The molecule has 0 aliphatic carbocycles. The van der Waals surface area contributed by atoms with Gasteiger partial charge in [0.2, 0.25) is 11.8 Å². The molecule has 0 radical (unpaired) electrons. The van der Waals surface area contributed by atoms with Crippen molar-refractivity contribution in [3.63, 3.8) is 0 Å². The molecule has 9 heteroatoms. The SMILES string of the molecule is CN.CN.CNC(=O)[C@H](CC(N)=O)NC(=O)c1ccc(-c2ccccc2)s1. The highest BCUT2D eigenvalue weighted by Crippen LogP contribution is 2.27. The van der Waals surface area contributed by atoms with Gasteiger partial charge in [-0.05, 0) is 31.8 Å². The Kier molecular flexibility index (Phi) is 12.1. The van der Waals surface area contributed by atoms with Crippen LogP contribution in [0.15, 0.2) is 42.5 Å². The Hall–Kier alpha value is -2.75. The molecule has 0 spiro atoms. The second-order valence-electron chi connectivity index (χ2n) is 4.84. The number of nitrogens with two attached hydrogens (primary N) is 3. The quantitative estimate of drug-likeness (QED) is 0.477. The van der Waals surface area contributed by atoms with Gasteiger partial charge in [0.15, 0.2) is 0 Å². The lowest BCUT2D eigenvalue weighted by Crippen LogP contribution is -2.47. The van der Waals surface area contributed by atoms with Gasteiger partial charge in [0.05, 0.1) is 11.3 Å². The minimum atomic E-state index is -0.979.